The highest BCUT2D eigenvalue weighted by molar-refractivity contribution is 5.76. The standard InChI is InChI=1S/C79H151NO5/c1-3-5-7-9-11-13-15-17-19-20-21-22-23-29-32-35-38-41-44-47-51-55-59-63-67-71-77(82)76(75-81)80-78(83)72-68-64-60-56-52-48-45-42-39-36-33-30-27-25-24-26-28-31-34-37-40-43-46-50-54-58-62-66-70-74-85-79(84)73-69-65-61-57-53-49-18-16-14-12-10-8-6-4-2/h16,18,24,26,31,34,76-77,81-82H,3-15,17,19-23,25,27-30,32-33,35-75H2,1-2H3,(H,80,83)/b18-16-,26-24-,34-31-. The number of nitrogens with one attached hydrogen (secondary N) is 1. The fourth-order valence-corrected chi connectivity index (χ4v) is 12.3. The number of aliphatic hydroxyl groups is 2. The number of unbranched alkanes of at least 4 members (excludes halogenated alkanes) is 56. The molecule has 3 N–H and O–H groups in total. The molecular formula is C79H151NO5. The Kier molecular flexibility index (Phi) is 72.9. The molecule has 0 aliphatic heterocycles. The van der Waals surface area contributed by atoms with E-state index in [0.29, 0.717) is 25.9 Å². The largest absolute Gasteiger partial charge is 0.466 e. The maximum atomic E-state index is 12.6. The zero-order valence-corrected chi connectivity index (χ0v) is 57.6. The molecule has 0 radical (unpaired) electrons. The average Bonchev–Trinajstić information content (AvgIpc) is 3.51. The molecule has 0 saturated heterocycles. The van der Waals surface area contributed by atoms with E-state index in [1.165, 1.54) is 347 Å². The van der Waals surface area contributed by atoms with Crippen molar-refractivity contribution >= 4 is 11.9 Å². The number of carbonyl (C=O) groups is 2. The number of esters is 1. The Morgan fingerprint density at radius 3 is 0.906 bits per heavy atom. The molecule has 85 heavy (non-hydrogen) atoms. The molecule has 1 amide bonds. The minimum absolute atomic E-state index is 0.00419. The van der Waals surface area contributed by atoms with E-state index in [1.807, 2.05) is 0 Å². The Labute approximate surface area is 532 Å². The molecule has 502 valence electrons. The summed E-state index contributed by atoms with van der Waals surface area (Å²) < 4.78 is 5.48. The van der Waals surface area contributed by atoms with E-state index in [4.69, 9.17) is 4.74 Å². The van der Waals surface area contributed by atoms with E-state index in [2.05, 4.69) is 55.6 Å². The normalized spacial score (nSPS) is 12.7. The van der Waals surface area contributed by atoms with E-state index in [0.717, 1.165) is 51.4 Å². The number of carbonyl (C=O) groups excluding carboxylic acids is 2. The Morgan fingerprint density at radius 2 is 0.588 bits per heavy atom. The van der Waals surface area contributed by atoms with Crippen LogP contribution in [0.25, 0.3) is 0 Å². The molecule has 6 heteroatoms. The van der Waals surface area contributed by atoms with Crippen molar-refractivity contribution in [2.24, 2.45) is 0 Å². The molecule has 0 rings (SSSR count). The average molecular weight is 1200 g/mol. The number of ether oxygens (including phenoxy) is 1. The lowest BCUT2D eigenvalue weighted by Gasteiger charge is -2.22. The number of hydrogen-bond acceptors (Lipinski definition) is 5. The topological polar surface area (TPSA) is 95.9 Å². The number of hydrogen-bond donors (Lipinski definition) is 3. The summed E-state index contributed by atoms with van der Waals surface area (Å²) in [5.74, 6) is -0.0267. The number of amides is 1. The monoisotopic (exact) mass is 1190 g/mol. The van der Waals surface area contributed by atoms with Crippen molar-refractivity contribution in [2.45, 2.75) is 443 Å². The quantitative estimate of drug-likeness (QED) is 0.0320. The first kappa shape index (κ1) is 83.1. The summed E-state index contributed by atoms with van der Waals surface area (Å²) in [6, 6.07) is -0.544. The maximum Gasteiger partial charge on any atom is 0.305 e. The van der Waals surface area contributed by atoms with E-state index < -0.39 is 12.1 Å². The van der Waals surface area contributed by atoms with Crippen LogP contribution in [-0.4, -0.2) is 47.4 Å². The molecule has 0 aromatic carbocycles. The molecule has 0 fully saturated rings. The smallest absolute Gasteiger partial charge is 0.305 e. The second-order valence-electron chi connectivity index (χ2n) is 26.7. The Morgan fingerprint density at radius 1 is 0.329 bits per heavy atom. The van der Waals surface area contributed by atoms with Gasteiger partial charge in [0, 0.05) is 12.8 Å². The van der Waals surface area contributed by atoms with Crippen LogP contribution in [-0.2, 0) is 14.3 Å². The van der Waals surface area contributed by atoms with Crippen LogP contribution in [0.4, 0.5) is 0 Å². The second-order valence-corrected chi connectivity index (χ2v) is 26.7. The van der Waals surface area contributed by atoms with Gasteiger partial charge in [-0.3, -0.25) is 9.59 Å². The maximum absolute atomic E-state index is 12.6. The minimum Gasteiger partial charge on any atom is -0.466 e. The van der Waals surface area contributed by atoms with Crippen LogP contribution in [0.5, 0.6) is 0 Å². The summed E-state index contributed by atoms with van der Waals surface area (Å²) in [5.41, 5.74) is 0. The molecular weight excluding hydrogens is 1040 g/mol. The lowest BCUT2D eigenvalue weighted by molar-refractivity contribution is -0.143. The first-order valence-electron chi connectivity index (χ1n) is 38.7. The molecule has 0 spiro atoms. The van der Waals surface area contributed by atoms with Gasteiger partial charge in [0.1, 0.15) is 0 Å². The van der Waals surface area contributed by atoms with Crippen molar-refractivity contribution in [3.05, 3.63) is 36.5 Å². The minimum atomic E-state index is -0.667. The summed E-state index contributed by atoms with van der Waals surface area (Å²) in [5, 5.41) is 23.5. The van der Waals surface area contributed by atoms with Crippen molar-refractivity contribution in [2.75, 3.05) is 13.2 Å². The van der Waals surface area contributed by atoms with Gasteiger partial charge in [-0.15, -0.1) is 0 Å². The Hall–Kier alpha value is -1.92. The van der Waals surface area contributed by atoms with Gasteiger partial charge in [-0.25, -0.2) is 0 Å². The molecule has 2 atom stereocenters. The van der Waals surface area contributed by atoms with E-state index >= 15 is 0 Å². The van der Waals surface area contributed by atoms with E-state index in [1.54, 1.807) is 0 Å². The van der Waals surface area contributed by atoms with E-state index in [-0.39, 0.29) is 18.5 Å². The van der Waals surface area contributed by atoms with Crippen LogP contribution in [0, 0.1) is 0 Å². The summed E-state index contributed by atoms with van der Waals surface area (Å²) >= 11 is 0. The predicted octanol–water partition coefficient (Wildman–Crippen LogP) is 25.4. The lowest BCUT2D eigenvalue weighted by Crippen LogP contribution is -2.45. The zero-order chi connectivity index (χ0) is 61.3. The fraction of sp³-hybridized carbons (Fsp3) is 0.899. The molecule has 0 saturated carbocycles. The zero-order valence-electron chi connectivity index (χ0n) is 57.6. The van der Waals surface area contributed by atoms with Crippen LogP contribution in [0.2, 0.25) is 0 Å². The molecule has 0 aromatic rings. The van der Waals surface area contributed by atoms with E-state index in [9.17, 15) is 19.8 Å². The van der Waals surface area contributed by atoms with Gasteiger partial charge in [0.05, 0.1) is 25.4 Å². The summed E-state index contributed by atoms with van der Waals surface area (Å²) in [7, 11) is 0. The van der Waals surface area contributed by atoms with Gasteiger partial charge in [0.25, 0.3) is 0 Å². The van der Waals surface area contributed by atoms with Crippen molar-refractivity contribution < 1.29 is 24.5 Å². The van der Waals surface area contributed by atoms with Crippen molar-refractivity contribution in [3.8, 4) is 0 Å². The van der Waals surface area contributed by atoms with Crippen LogP contribution < -0.4 is 5.32 Å². The second kappa shape index (κ2) is 74.5. The lowest BCUT2D eigenvalue weighted by atomic mass is 10.0. The molecule has 0 bridgehead atoms. The Bertz CT molecular complexity index is 1380. The number of rotatable bonds is 73. The van der Waals surface area contributed by atoms with Gasteiger partial charge >= 0.3 is 5.97 Å². The first-order valence-corrected chi connectivity index (χ1v) is 38.7. The number of aliphatic hydroxyl groups excluding tert-OH is 2. The van der Waals surface area contributed by atoms with Gasteiger partial charge < -0.3 is 20.3 Å². The molecule has 0 aromatic heterocycles. The Balaban J connectivity index is 3.40. The molecule has 0 heterocycles. The highest BCUT2D eigenvalue weighted by atomic mass is 16.5. The molecule has 2 unspecified atom stereocenters. The third-order valence-electron chi connectivity index (χ3n) is 18.2. The highest BCUT2D eigenvalue weighted by Crippen LogP contribution is 2.19. The van der Waals surface area contributed by atoms with Crippen LogP contribution in [0.3, 0.4) is 0 Å². The number of allylic oxidation sites excluding steroid dienone is 6. The van der Waals surface area contributed by atoms with Crippen LogP contribution in [0.1, 0.15) is 431 Å². The third kappa shape index (κ3) is 71.0. The molecule has 6 nitrogen and oxygen atoms in total. The third-order valence-corrected chi connectivity index (χ3v) is 18.2. The molecule has 0 aliphatic carbocycles. The first-order chi connectivity index (χ1) is 42.0. The predicted molar refractivity (Wildman–Crippen MR) is 375 cm³/mol. The summed E-state index contributed by atoms with van der Waals surface area (Å²) in [4.78, 5) is 24.6. The SMILES string of the molecule is CCCCCCC/C=C\CCCCCCCC(=O)OCCCCCCCCCCC/C=C\C/C=C\CCCCCCCCCCCCCCCC(=O)NC(CO)C(O)CCCCCCCCCCCCCCCCCCCCCCCCCCC. The van der Waals surface area contributed by atoms with Gasteiger partial charge in [-0.1, -0.05) is 371 Å². The van der Waals surface area contributed by atoms with Gasteiger partial charge in [-0.05, 0) is 83.5 Å². The van der Waals surface area contributed by atoms with Crippen molar-refractivity contribution in [3.63, 3.8) is 0 Å². The van der Waals surface area contributed by atoms with Crippen molar-refractivity contribution in [1.29, 1.82) is 0 Å². The van der Waals surface area contributed by atoms with Crippen molar-refractivity contribution in [1.82, 2.24) is 5.32 Å². The van der Waals surface area contributed by atoms with Gasteiger partial charge in [-0.2, -0.15) is 0 Å². The van der Waals surface area contributed by atoms with Crippen LogP contribution in [0.15, 0.2) is 36.5 Å². The fourth-order valence-electron chi connectivity index (χ4n) is 12.3. The summed E-state index contributed by atoms with van der Waals surface area (Å²) in [6.07, 6.45) is 96.5. The summed E-state index contributed by atoms with van der Waals surface area (Å²) in [6.45, 7) is 4.98. The highest BCUT2D eigenvalue weighted by Gasteiger charge is 2.20. The van der Waals surface area contributed by atoms with Crippen LogP contribution >= 0.6 is 0 Å². The molecule has 0 aliphatic rings. The van der Waals surface area contributed by atoms with Gasteiger partial charge in [0.15, 0.2) is 0 Å². The van der Waals surface area contributed by atoms with Gasteiger partial charge in [0.2, 0.25) is 5.91 Å².